The number of tetrazole rings is 1. The first kappa shape index (κ1) is 25.1. The van der Waals surface area contributed by atoms with Crippen LogP contribution in [0, 0.1) is 17.6 Å². The minimum absolute atomic E-state index is 0.0282. The third-order valence-corrected chi connectivity index (χ3v) is 7.85. The predicted molar refractivity (Wildman–Crippen MR) is 145 cm³/mol. The minimum Gasteiger partial charge on any atom is -0.272 e. The van der Waals surface area contributed by atoms with Crippen molar-refractivity contribution in [2.45, 2.75) is 30.5 Å². The Kier molecular flexibility index (Phi) is 7.02. The fourth-order valence-corrected chi connectivity index (χ4v) is 5.90. The Morgan fingerprint density at radius 3 is 2.44 bits per heavy atom. The van der Waals surface area contributed by atoms with Gasteiger partial charge in [-0.2, -0.15) is 9.78 Å². The average molecular weight is 543 g/mol. The second-order valence-electron chi connectivity index (χ2n) is 9.44. The van der Waals surface area contributed by atoms with E-state index in [1.165, 1.54) is 36.0 Å². The summed E-state index contributed by atoms with van der Waals surface area (Å²) >= 11 is 1.24. The van der Waals surface area contributed by atoms with E-state index in [0.29, 0.717) is 5.16 Å². The highest BCUT2D eigenvalue weighted by Crippen LogP contribution is 2.44. The summed E-state index contributed by atoms with van der Waals surface area (Å²) in [6.07, 6.45) is 4.61. The molecule has 1 fully saturated rings. The van der Waals surface area contributed by atoms with Crippen molar-refractivity contribution in [2.75, 3.05) is 5.75 Å². The fourth-order valence-electron chi connectivity index (χ4n) is 5.15. The molecule has 2 heterocycles. The first-order chi connectivity index (χ1) is 19.1. The molecule has 2 atom stereocenters. The molecule has 0 radical (unpaired) electrons. The maximum Gasteiger partial charge on any atom is 0.253 e. The summed E-state index contributed by atoms with van der Waals surface area (Å²) in [6, 6.07) is 21.7. The van der Waals surface area contributed by atoms with Crippen LogP contribution in [0.5, 0.6) is 0 Å². The molecule has 3 aromatic carbocycles. The molecule has 2 aliphatic rings. The van der Waals surface area contributed by atoms with Crippen LogP contribution in [-0.4, -0.2) is 42.6 Å². The van der Waals surface area contributed by atoms with E-state index in [1.807, 2.05) is 36.4 Å². The topological polar surface area (TPSA) is 76.3 Å². The number of thioether (sulfide) groups is 1. The number of benzene rings is 3. The molecule has 39 heavy (non-hydrogen) atoms. The van der Waals surface area contributed by atoms with Gasteiger partial charge in [-0.3, -0.25) is 4.79 Å². The van der Waals surface area contributed by atoms with Crippen molar-refractivity contribution < 1.29 is 13.6 Å². The third kappa shape index (κ3) is 5.24. The molecule has 0 bridgehead atoms. The molecule has 0 N–H and O–H groups in total. The van der Waals surface area contributed by atoms with Crippen molar-refractivity contribution in [2.24, 2.45) is 11.0 Å². The SMILES string of the molecule is O=C(CSc1nnnn1-c1ccccc1)N1N=C2/C(=C\c3ccc(F)cc3)CCC[C@@H]2[C@H]1c1ccc(F)cc1. The lowest BCUT2D eigenvalue weighted by Gasteiger charge is -2.29. The first-order valence-electron chi connectivity index (χ1n) is 12.7. The van der Waals surface area contributed by atoms with Crippen LogP contribution in [0.25, 0.3) is 11.8 Å². The number of halogens is 2. The third-order valence-electron chi connectivity index (χ3n) is 6.95. The number of carbonyl (C=O) groups is 1. The summed E-state index contributed by atoms with van der Waals surface area (Å²) in [5, 5.41) is 18.8. The molecule has 1 saturated carbocycles. The number of fused-ring (bicyclic) bond motifs is 1. The quantitative estimate of drug-likeness (QED) is 0.286. The maximum atomic E-state index is 13.8. The zero-order valence-corrected chi connectivity index (χ0v) is 21.6. The van der Waals surface area contributed by atoms with Crippen molar-refractivity contribution in [3.8, 4) is 5.69 Å². The van der Waals surface area contributed by atoms with E-state index in [2.05, 4.69) is 15.5 Å². The molecular weight excluding hydrogens is 518 g/mol. The number of allylic oxidation sites excluding steroid dienone is 1. The standard InChI is InChI=1S/C29H24F2N6OS/c30-22-13-9-19(10-14-22)17-21-5-4-8-25-27(21)33-37(28(25)20-11-15-23(31)16-12-20)26(38)18-39-29-32-34-35-36(29)24-6-2-1-3-7-24/h1-3,6-7,9-17,25,28H,4-5,8,18H2/b21-17-/t25-,28+/m0/s1. The largest absolute Gasteiger partial charge is 0.272 e. The van der Waals surface area contributed by atoms with Gasteiger partial charge in [-0.1, -0.05) is 54.2 Å². The van der Waals surface area contributed by atoms with Crippen LogP contribution in [0.1, 0.15) is 36.4 Å². The summed E-state index contributed by atoms with van der Waals surface area (Å²) < 4.78 is 28.8. The van der Waals surface area contributed by atoms with E-state index in [0.717, 1.165) is 47.4 Å². The highest BCUT2D eigenvalue weighted by Gasteiger charge is 2.43. The van der Waals surface area contributed by atoms with Gasteiger partial charge in [0.2, 0.25) is 5.16 Å². The van der Waals surface area contributed by atoms with Gasteiger partial charge >= 0.3 is 0 Å². The van der Waals surface area contributed by atoms with Gasteiger partial charge in [-0.15, -0.1) is 5.10 Å². The molecule has 6 rings (SSSR count). The molecule has 0 spiro atoms. The Labute approximate surface area is 228 Å². The first-order valence-corrected chi connectivity index (χ1v) is 13.6. The highest BCUT2D eigenvalue weighted by atomic mass is 32.2. The number of nitrogens with zero attached hydrogens (tertiary/aromatic N) is 6. The molecule has 1 aliphatic heterocycles. The Morgan fingerprint density at radius 1 is 0.974 bits per heavy atom. The molecule has 1 amide bonds. The molecule has 4 aromatic rings. The van der Waals surface area contributed by atoms with E-state index >= 15 is 0 Å². The van der Waals surface area contributed by atoms with Gasteiger partial charge in [0.25, 0.3) is 5.91 Å². The van der Waals surface area contributed by atoms with Crippen LogP contribution in [0.3, 0.4) is 0 Å². The van der Waals surface area contributed by atoms with E-state index < -0.39 is 0 Å². The van der Waals surface area contributed by atoms with E-state index in [-0.39, 0.29) is 35.3 Å². The number of hydrazone groups is 1. The normalized spacial score (nSPS) is 19.7. The summed E-state index contributed by atoms with van der Waals surface area (Å²) in [7, 11) is 0. The lowest BCUT2D eigenvalue weighted by molar-refractivity contribution is -0.130. The van der Waals surface area contributed by atoms with Crippen molar-refractivity contribution in [3.63, 3.8) is 0 Å². The second kappa shape index (κ2) is 10.9. The number of rotatable bonds is 6. The van der Waals surface area contributed by atoms with Gasteiger partial charge in [0.15, 0.2) is 0 Å². The van der Waals surface area contributed by atoms with E-state index in [9.17, 15) is 13.6 Å². The lowest BCUT2D eigenvalue weighted by Crippen LogP contribution is -2.33. The maximum absolute atomic E-state index is 13.8. The van der Waals surface area contributed by atoms with Crippen molar-refractivity contribution in [3.05, 3.63) is 107 Å². The Morgan fingerprint density at radius 2 is 1.69 bits per heavy atom. The molecule has 196 valence electrons. The molecule has 10 heteroatoms. The van der Waals surface area contributed by atoms with Gasteiger partial charge < -0.3 is 0 Å². The summed E-state index contributed by atoms with van der Waals surface area (Å²) in [5.41, 5.74) is 4.38. The molecule has 1 aliphatic carbocycles. The summed E-state index contributed by atoms with van der Waals surface area (Å²) in [4.78, 5) is 13.7. The highest BCUT2D eigenvalue weighted by molar-refractivity contribution is 7.99. The Bertz CT molecular complexity index is 1540. The smallest absolute Gasteiger partial charge is 0.253 e. The average Bonchev–Trinajstić information content (AvgIpc) is 3.60. The summed E-state index contributed by atoms with van der Waals surface area (Å²) in [6.45, 7) is 0. The number of hydrogen-bond donors (Lipinski definition) is 0. The van der Waals surface area contributed by atoms with Crippen molar-refractivity contribution in [1.82, 2.24) is 25.2 Å². The number of aromatic nitrogens is 4. The predicted octanol–water partition coefficient (Wildman–Crippen LogP) is 5.86. The summed E-state index contributed by atoms with van der Waals surface area (Å²) in [5.74, 6) is -0.773. The van der Waals surface area contributed by atoms with Gasteiger partial charge in [-0.05, 0) is 88.9 Å². The number of carbonyl (C=O) groups excluding carboxylic acids is 1. The molecular formula is C29H24F2N6OS. The van der Waals surface area contributed by atoms with Gasteiger partial charge in [0.1, 0.15) is 11.6 Å². The second-order valence-corrected chi connectivity index (χ2v) is 10.4. The number of amides is 1. The molecule has 0 unspecified atom stereocenters. The van der Waals surface area contributed by atoms with Gasteiger partial charge in [-0.25, -0.2) is 13.8 Å². The monoisotopic (exact) mass is 542 g/mol. The van der Waals surface area contributed by atoms with E-state index in [1.54, 1.807) is 34.0 Å². The minimum atomic E-state index is -0.351. The zero-order valence-electron chi connectivity index (χ0n) is 20.8. The number of hydrogen-bond acceptors (Lipinski definition) is 6. The van der Waals surface area contributed by atoms with Crippen LogP contribution in [-0.2, 0) is 4.79 Å². The Balaban J connectivity index is 1.30. The van der Waals surface area contributed by atoms with Crippen molar-refractivity contribution in [1.29, 1.82) is 0 Å². The number of para-hydroxylation sites is 1. The van der Waals surface area contributed by atoms with Crippen LogP contribution in [0.2, 0.25) is 0 Å². The van der Waals surface area contributed by atoms with Gasteiger partial charge in [0, 0.05) is 5.92 Å². The zero-order chi connectivity index (χ0) is 26.8. The van der Waals surface area contributed by atoms with E-state index in [4.69, 9.17) is 5.10 Å². The van der Waals surface area contributed by atoms with Crippen LogP contribution >= 0.6 is 11.8 Å². The lowest BCUT2D eigenvalue weighted by atomic mass is 9.77. The molecule has 1 aromatic heterocycles. The molecule has 7 nitrogen and oxygen atoms in total. The molecule has 0 saturated heterocycles. The Hall–Kier alpha value is -4.18. The van der Waals surface area contributed by atoms with Gasteiger partial charge in [0.05, 0.1) is 23.2 Å². The fraction of sp³-hybridized carbons (Fsp3) is 0.207. The van der Waals surface area contributed by atoms with Crippen LogP contribution < -0.4 is 0 Å². The van der Waals surface area contributed by atoms with Crippen molar-refractivity contribution >= 4 is 29.5 Å². The van der Waals surface area contributed by atoms with Crippen LogP contribution in [0.15, 0.2) is 94.7 Å². The van der Waals surface area contributed by atoms with Crippen LogP contribution in [0.4, 0.5) is 8.78 Å².